The molecule has 0 atom stereocenters. The molecule has 0 bridgehead atoms. The zero-order chi connectivity index (χ0) is 23.2. The predicted molar refractivity (Wildman–Crippen MR) is 127 cm³/mol. The largest absolute Gasteiger partial charge is 0.290 e. The summed E-state index contributed by atoms with van der Waals surface area (Å²) in [5.74, 6) is -0.459. The number of amides is 2. The van der Waals surface area contributed by atoms with E-state index in [1.807, 2.05) is 42.5 Å². The molecule has 3 aromatic carbocycles. The summed E-state index contributed by atoms with van der Waals surface area (Å²) in [6, 6.07) is 19.8. The maximum Gasteiger partial charge on any atom is 0.290 e. The summed E-state index contributed by atoms with van der Waals surface area (Å²) in [6.45, 7) is 0. The molecule has 1 aromatic heterocycles. The highest BCUT2D eigenvalue weighted by atomic mass is 32.2. The van der Waals surface area contributed by atoms with Crippen LogP contribution in [0.4, 0.5) is 4.79 Å². The molecule has 33 heavy (non-hydrogen) atoms. The van der Waals surface area contributed by atoms with Gasteiger partial charge in [-0.15, -0.1) is 0 Å². The first-order valence-corrected chi connectivity index (χ1v) is 12.1. The molecule has 5 rings (SSSR count). The third-order valence-electron chi connectivity index (χ3n) is 5.12. The van der Waals surface area contributed by atoms with E-state index >= 15 is 0 Å². The summed E-state index contributed by atoms with van der Waals surface area (Å²) in [4.78, 5) is 24.0. The van der Waals surface area contributed by atoms with Crippen LogP contribution in [0.5, 0.6) is 0 Å². The van der Waals surface area contributed by atoms with Crippen molar-refractivity contribution < 1.29 is 18.0 Å². The summed E-state index contributed by atoms with van der Waals surface area (Å²) in [5, 5.41) is 13.8. The summed E-state index contributed by atoms with van der Waals surface area (Å²) < 4.78 is 24.7. The predicted octanol–water partition coefficient (Wildman–Crippen LogP) is 3.66. The Morgan fingerprint density at radius 2 is 1.70 bits per heavy atom. The van der Waals surface area contributed by atoms with E-state index in [4.69, 9.17) is 10.2 Å². The van der Waals surface area contributed by atoms with Gasteiger partial charge >= 0.3 is 0 Å². The highest BCUT2D eigenvalue weighted by Crippen LogP contribution is 2.32. The van der Waals surface area contributed by atoms with Crippen LogP contribution in [0.2, 0.25) is 0 Å². The number of sulfonamides is 1. The molecular formula is C23H16N4O4S2. The standard InChI is InChI=1S/C23H16N4O4S2/c24-33(30,31)19-9-7-18(8-10-19)27-13-17(12-20-22(28)25-23(29)32-20)21(26-27)16-6-5-14-3-1-2-4-15(14)11-16/h1-13H,(H2,24,30,31)(H,25,28,29)/b20-12-. The Hall–Kier alpha value is -3.73. The van der Waals surface area contributed by atoms with Gasteiger partial charge < -0.3 is 0 Å². The van der Waals surface area contributed by atoms with Gasteiger partial charge in [0.2, 0.25) is 10.0 Å². The van der Waals surface area contributed by atoms with Crippen LogP contribution < -0.4 is 10.5 Å². The van der Waals surface area contributed by atoms with Gasteiger partial charge in [-0.2, -0.15) is 5.10 Å². The van der Waals surface area contributed by atoms with Gasteiger partial charge in [-0.3, -0.25) is 14.9 Å². The summed E-state index contributed by atoms with van der Waals surface area (Å²) >= 11 is 0.829. The van der Waals surface area contributed by atoms with Gasteiger partial charge in [0.15, 0.2) is 0 Å². The van der Waals surface area contributed by atoms with Crippen LogP contribution in [0, 0.1) is 0 Å². The molecule has 3 N–H and O–H groups in total. The Morgan fingerprint density at radius 3 is 2.36 bits per heavy atom. The number of imide groups is 1. The highest BCUT2D eigenvalue weighted by molar-refractivity contribution is 8.18. The van der Waals surface area contributed by atoms with Crippen LogP contribution in [-0.2, 0) is 14.8 Å². The first kappa shape index (κ1) is 21.1. The second kappa shape index (κ2) is 8.00. The van der Waals surface area contributed by atoms with Crippen LogP contribution in [0.1, 0.15) is 5.56 Å². The van der Waals surface area contributed by atoms with Gasteiger partial charge in [-0.25, -0.2) is 18.2 Å². The van der Waals surface area contributed by atoms with E-state index in [-0.39, 0.29) is 9.80 Å². The maximum absolute atomic E-state index is 12.1. The Kier molecular flexibility index (Phi) is 5.12. The quantitative estimate of drug-likeness (QED) is 0.433. The summed E-state index contributed by atoms with van der Waals surface area (Å²) in [6.07, 6.45) is 3.34. The third kappa shape index (κ3) is 4.19. The number of nitrogens with one attached hydrogen (secondary N) is 1. The average Bonchev–Trinajstić information content (AvgIpc) is 3.35. The van der Waals surface area contributed by atoms with Gasteiger partial charge in [0.25, 0.3) is 11.1 Å². The van der Waals surface area contributed by atoms with Crippen LogP contribution in [0.3, 0.4) is 0 Å². The number of carbonyl (C=O) groups is 2. The van der Waals surface area contributed by atoms with E-state index < -0.39 is 21.2 Å². The molecule has 0 unspecified atom stereocenters. The number of hydrogen-bond donors (Lipinski definition) is 2. The van der Waals surface area contributed by atoms with Crippen molar-refractivity contribution in [3.05, 3.63) is 83.4 Å². The maximum atomic E-state index is 12.1. The molecule has 1 saturated heterocycles. The lowest BCUT2D eigenvalue weighted by Gasteiger charge is -2.04. The minimum Gasteiger partial charge on any atom is -0.282 e. The average molecular weight is 477 g/mol. The zero-order valence-corrected chi connectivity index (χ0v) is 18.6. The number of aromatic nitrogens is 2. The van der Waals surface area contributed by atoms with Gasteiger partial charge in [0, 0.05) is 17.3 Å². The van der Waals surface area contributed by atoms with Gasteiger partial charge in [-0.05, 0) is 58.9 Å². The van der Waals surface area contributed by atoms with Crippen molar-refractivity contribution in [2.75, 3.05) is 0 Å². The lowest BCUT2D eigenvalue weighted by molar-refractivity contribution is -0.115. The molecule has 4 aromatic rings. The fourth-order valence-electron chi connectivity index (χ4n) is 3.54. The number of nitrogens with two attached hydrogens (primary N) is 1. The molecule has 0 aliphatic carbocycles. The smallest absolute Gasteiger partial charge is 0.282 e. The second-order valence-electron chi connectivity index (χ2n) is 7.33. The fourth-order valence-corrected chi connectivity index (χ4v) is 4.73. The van der Waals surface area contributed by atoms with E-state index in [2.05, 4.69) is 5.32 Å². The molecular weight excluding hydrogens is 460 g/mol. The Morgan fingerprint density at radius 1 is 0.970 bits per heavy atom. The van der Waals surface area contributed by atoms with Crippen LogP contribution in [0.15, 0.2) is 82.7 Å². The van der Waals surface area contributed by atoms with Crippen molar-refractivity contribution in [3.8, 4) is 16.9 Å². The first-order chi connectivity index (χ1) is 15.8. The minimum absolute atomic E-state index is 0.00644. The van der Waals surface area contributed by atoms with E-state index in [0.717, 1.165) is 28.1 Å². The highest BCUT2D eigenvalue weighted by Gasteiger charge is 2.26. The second-order valence-corrected chi connectivity index (χ2v) is 9.91. The van der Waals surface area contributed by atoms with Crippen LogP contribution >= 0.6 is 11.8 Å². The fraction of sp³-hybridized carbons (Fsp3) is 0. The summed E-state index contributed by atoms with van der Waals surface area (Å²) in [7, 11) is -3.81. The number of primary sulfonamides is 1. The zero-order valence-electron chi connectivity index (χ0n) is 16.9. The monoisotopic (exact) mass is 476 g/mol. The molecule has 1 aliphatic rings. The molecule has 0 saturated carbocycles. The summed E-state index contributed by atoms with van der Waals surface area (Å²) in [5.41, 5.74) is 2.67. The van der Waals surface area contributed by atoms with Crippen molar-refractivity contribution in [1.82, 2.24) is 15.1 Å². The van der Waals surface area contributed by atoms with Crippen molar-refractivity contribution in [2.45, 2.75) is 4.90 Å². The minimum atomic E-state index is -3.81. The van der Waals surface area contributed by atoms with Crippen LogP contribution in [-0.4, -0.2) is 29.3 Å². The SMILES string of the molecule is NS(=O)(=O)c1ccc(-n2cc(/C=C3\SC(=O)NC3=O)c(-c3ccc4ccccc4c3)n2)cc1. The number of fused-ring (bicyclic) bond motifs is 1. The molecule has 0 radical (unpaired) electrons. The van der Waals surface area contributed by atoms with Crippen molar-refractivity contribution in [1.29, 1.82) is 0 Å². The Balaban J connectivity index is 1.64. The molecule has 164 valence electrons. The number of benzene rings is 3. The number of carbonyl (C=O) groups excluding carboxylic acids is 2. The van der Waals surface area contributed by atoms with E-state index in [0.29, 0.717) is 16.9 Å². The van der Waals surface area contributed by atoms with Gasteiger partial charge in [-0.1, -0.05) is 36.4 Å². The van der Waals surface area contributed by atoms with Crippen molar-refractivity contribution in [2.24, 2.45) is 5.14 Å². The van der Waals surface area contributed by atoms with E-state index in [1.54, 1.807) is 29.1 Å². The number of nitrogens with zero attached hydrogens (tertiary/aromatic N) is 2. The molecule has 0 spiro atoms. The Labute approximate surface area is 193 Å². The molecule has 1 fully saturated rings. The molecule has 1 aliphatic heterocycles. The van der Waals surface area contributed by atoms with E-state index in [1.165, 1.54) is 12.1 Å². The Bertz CT molecular complexity index is 1570. The van der Waals surface area contributed by atoms with E-state index in [9.17, 15) is 18.0 Å². The van der Waals surface area contributed by atoms with Crippen LogP contribution in [0.25, 0.3) is 33.8 Å². The lowest BCUT2D eigenvalue weighted by atomic mass is 10.0. The molecule has 10 heteroatoms. The first-order valence-electron chi connectivity index (χ1n) is 9.75. The molecule has 8 nitrogen and oxygen atoms in total. The normalized spacial score (nSPS) is 15.4. The van der Waals surface area contributed by atoms with Crippen molar-refractivity contribution in [3.63, 3.8) is 0 Å². The topological polar surface area (TPSA) is 124 Å². The molecule has 2 heterocycles. The lowest BCUT2D eigenvalue weighted by Crippen LogP contribution is -2.17. The van der Waals surface area contributed by atoms with Crippen molar-refractivity contribution >= 4 is 49.8 Å². The number of hydrogen-bond acceptors (Lipinski definition) is 6. The van der Waals surface area contributed by atoms with Gasteiger partial charge in [0.1, 0.15) is 5.69 Å². The molecule has 2 amide bonds. The number of thioether (sulfide) groups is 1. The number of rotatable bonds is 4. The third-order valence-corrected chi connectivity index (χ3v) is 6.86. The van der Waals surface area contributed by atoms with Gasteiger partial charge in [0.05, 0.1) is 15.5 Å².